The highest BCUT2D eigenvalue weighted by Gasteiger charge is 2.06. The Morgan fingerprint density at radius 1 is 1.24 bits per heavy atom. The smallest absolute Gasteiger partial charge is 0.0532 e. The third kappa shape index (κ3) is 3.71. The molecule has 2 rings (SSSR count). The first-order valence-corrected chi connectivity index (χ1v) is 6.13. The SMILES string of the molecule is CCC(Cc1ccccc1)NCc1cn[nH]c1. The van der Waals surface area contributed by atoms with Crippen LogP contribution in [0.5, 0.6) is 0 Å². The molecule has 0 saturated carbocycles. The third-order valence-electron chi connectivity index (χ3n) is 2.97. The van der Waals surface area contributed by atoms with Crippen molar-refractivity contribution in [1.29, 1.82) is 0 Å². The lowest BCUT2D eigenvalue weighted by Crippen LogP contribution is -2.29. The molecule has 1 unspecified atom stereocenters. The van der Waals surface area contributed by atoms with Crippen molar-refractivity contribution in [3.05, 3.63) is 53.9 Å². The van der Waals surface area contributed by atoms with Crippen LogP contribution >= 0.6 is 0 Å². The van der Waals surface area contributed by atoms with Gasteiger partial charge in [-0.2, -0.15) is 5.10 Å². The molecule has 90 valence electrons. The van der Waals surface area contributed by atoms with E-state index >= 15 is 0 Å². The molecule has 1 heterocycles. The van der Waals surface area contributed by atoms with E-state index in [2.05, 4.69) is 52.8 Å². The highest BCUT2D eigenvalue weighted by molar-refractivity contribution is 5.16. The molecule has 0 bridgehead atoms. The Morgan fingerprint density at radius 3 is 2.71 bits per heavy atom. The minimum absolute atomic E-state index is 0.521. The number of hydrogen-bond acceptors (Lipinski definition) is 2. The number of rotatable bonds is 6. The van der Waals surface area contributed by atoms with Gasteiger partial charge in [0.2, 0.25) is 0 Å². The average Bonchev–Trinajstić information content (AvgIpc) is 2.89. The van der Waals surface area contributed by atoms with Crippen molar-refractivity contribution in [3.8, 4) is 0 Å². The van der Waals surface area contributed by atoms with Crippen LogP contribution in [-0.2, 0) is 13.0 Å². The molecule has 0 aliphatic carbocycles. The second kappa shape index (κ2) is 6.21. The number of aromatic amines is 1. The van der Waals surface area contributed by atoms with Crippen LogP contribution in [0, 0.1) is 0 Å². The summed E-state index contributed by atoms with van der Waals surface area (Å²) in [6.45, 7) is 3.10. The van der Waals surface area contributed by atoms with Crippen LogP contribution in [0.15, 0.2) is 42.7 Å². The molecule has 0 spiro atoms. The fraction of sp³-hybridized carbons (Fsp3) is 0.357. The normalized spacial score (nSPS) is 12.5. The Labute approximate surface area is 102 Å². The van der Waals surface area contributed by atoms with Crippen molar-refractivity contribution in [2.24, 2.45) is 0 Å². The lowest BCUT2D eigenvalue weighted by atomic mass is 10.0. The van der Waals surface area contributed by atoms with Crippen molar-refractivity contribution in [3.63, 3.8) is 0 Å². The van der Waals surface area contributed by atoms with Crippen LogP contribution < -0.4 is 5.32 Å². The maximum Gasteiger partial charge on any atom is 0.0532 e. The zero-order valence-electron chi connectivity index (χ0n) is 10.2. The molecule has 0 aliphatic rings. The molecule has 1 atom stereocenters. The van der Waals surface area contributed by atoms with Gasteiger partial charge in [-0.3, -0.25) is 5.10 Å². The molecule has 17 heavy (non-hydrogen) atoms. The number of benzene rings is 1. The number of aromatic nitrogens is 2. The number of nitrogens with zero attached hydrogens (tertiary/aromatic N) is 1. The van der Waals surface area contributed by atoms with E-state index in [1.54, 1.807) is 0 Å². The Balaban J connectivity index is 1.85. The first-order valence-electron chi connectivity index (χ1n) is 6.13. The summed E-state index contributed by atoms with van der Waals surface area (Å²) in [7, 11) is 0. The minimum Gasteiger partial charge on any atom is -0.309 e. The predicted octanol–water partition coefficient (Wildman–Crippen LogP) is 2.52. The molecule has 1 aromatic carbocycles. The van der Waals surface area contributed by atoms with Crippen molar-refractivity contribution in [1.82, 2.24) is 15.5 Å². The van der Waals surface area contributed by atoms with Crippen molar-refractivity contribution < 1.29 is 0 Å². The number of nitrogens with one attached hydrogen (secondary N) is 2. The number of hydrogen-bond donors (Lipinski definition) is 2. The topological polar surface area (TPSA) is 40.7 Å². The zero-order valence-corrected chi connectivity index (χ0v) is 10.2. The molecule has 0 saturated heterocycles. The molecule has 1 aromatic heterocycles. The van der Waals surface area contributed by atoms with Crippen molar-refractivity contribution in [2.75, 3.05) is 0 Å². The van der Waals surface area contributed by atoms with Crippen LogP contribution in [0.25, 0.3) is 0 Å². The van der Waals surface area contributed by atoms with Crippen molar-refractivity contribution >= 4 is 0 Å². The summed E-state index contributed by atoms with van der Waals surface area (Å²) < 4.78 is 0. The monoisotopic (exact) mass is 229 g/mol. The quantitative estimate of drug-likeness (QED) is 0.799. The predicted molar refractivity (Wildman–Crippen MR) is 69.7 cm³/mol. The van der Waals surface area contributed by atoms with E-state index in [-0.39, 0.29) is 0 Å². The summed E-state index contributed by atoms with van der Waals surface area (Å²) in [4.78, 5) is 0. The summed E-state index contributed by atoms with van der Waals surface area (Å²) >= 11 is 0. The second-order valence-electron chi connectivity index (χ2n) is 4.28. The van der Waals surface area contributed by atoms with Gasteiger partial charge >= 0.3 is 0 Å². The Bertz CT molecular complexity index is 408. The van der Waals surface area contributed by atoms with Gasteiger partial charge in [0.25, 0.3) is 0 Å². The molecule has 2 N–H and O–H groups in total. The highest BCUT2D eigenvalue weighted by atomic mass is 15.1. The summed E-state index contributed by atoms with van der Waals surface area (Å²) in [5.74, 6) is 0. The van der Waals surface area contributed by atoms with Gasteiger partial charge in [-0.05, 0) is 18.4 Å². The first-order chi connectivity index (χ1) is 8.38. The lowest BCUT2D eigenvalue weighted by molar-refractivity contribution is 0.494. The van der Waals surface area contributed by atoms with Gasteiger partial charge in [0.1, 0.15) is 0 Å². The Kier molecular flexibility index (Phi) is 4.33. The van der Waals surface area contributed by atoms with Crippen LogP contribution in [0.3, 0.4) is 0 Å². The molecular formula is C14H19N3. The highest BCUT2D eigenvalue weighted by Crippen LogP contribution is 2.06. The van der Waals surface area contributed by atoms with E-state index in [1.165, 1.54) is 11.1 Å². The van der Waals surface area contributed by atoms with E-state index < -0.39 is 0 Å². The van der Waals surface area contributed by atoms with Gasteiger partial charge in [-0.1, -0.05) is 37.3 Å². The average molecular weight is 229 g/mol. The zero-order chi connectivity index (χ0) is 11.9. The number of H-pyrrole nitrogens is 1. The van der Waals surface area contributed by atoms with E-state index in [9.17, 15) is 0 Å². The molecule has 3 heteroatoms. The molecule has 0 fully saturated rings. The van der Waals surface area contributed by atoms with E-state index in [1.807, 2.05) is 12.4 Å². The van der Waals surface area contributed by atoms with E-state index in [0.29, 0.717) is 6.04 Å². The van der Waals surface area contributed by atoms with Gasteiger partial charge in [0.15, 0.2) is 0 Å². The third-order valence-corrected chi connectivity index (χ3v) is 2.97. The van der Waals surface area contributed by atoms with E-state index in [4.69, 9.17) is 0 Å². The van der Waals surface area contributed by atoms with Crippen LogP contribution in [0.2, 0.25) is 0 Å². The fourth-order valence-electron chi connectivity index (χ4n) is 1.90. The molecule has 0 aliphatic heterocycles. The van der Waals surface area contributed by atoms with Crippen LogP contribution in [-0.4, -0.2) is 16.2 Å². The molecule has 2 aromatic rings. The first kappa shape index (κ1) is 11.9. The summed E-state index contributed by atoms with van der Waals surface area (Å²) in [6, 6.07) is 11.1. The molecule has 0 amide bonds. The summed E-state index contributed by atoms with van der Waals surface area (Å²) in [6.07, 6.45) is 6.01. The largest absolute Gasteiger partial charge is 0.309 e. The maximum absolute atomic E-state index is 3.94. The van der Waals surface area contributed by atoms with Gasteiger partial charge in [-0.15, -0.1) is 0 Å². The minimum atomic E-state index is 0.521. The summed E-state index contributed by atoms with van der Waals surface area (Å²) in [5.41, 5.74) is 2.59. The van der Waals surface area contributed by atoms with Gasteiger partial charge in [0, 0.05) is 24.3 Å². The molecule has 3 nitrogen and oxygen atoms in total. The van der Waals surface area contributed by atoms with Crippen molar-refractivity contribution in [2.45, 2.75) is 32.4 Å². The molecule has 0 radical (unpaired) electrons. The van der Waals surface area contributed by atoms with Crippen LogP contribution in [0.4, 0.5) is 0 Å². The standard InChI is InChI=1S/C14H19N3/c1-2-14(8-12-6-4-3-5-7-12)15-9-13-10-16-17-11-13/h3-7,10-11,14-15H,2,8-9H2,1H3,(H,16,17). The maximum atomic E-state index is 3.94. The van der Waals surface area contributed by atoms with Gasteiger partial charge in [0.05, 0.1) is 6.20 Å². The second-order valence-corrected chi connectivity index (χ2v) is 4.28. The molecular weight excluding hydrogens is 210 g/mol. The summed E-state index contributed by atoms with van der Waals surface area (Å²) in [5, 5.41) is 10.3. The van der Waals surface area contributed by atoms with Gasteiger partial charge < -0.3 is 5.32 Å². The Morgan fingerprint density at radius 2 is 2.06 bits per heavy atom. The lowest BCUT2D eigenvalue weighted by Gasteiger charge is -2.16. The van der Waals surface area contributed by atoms with Crippen LogP contribution in [0.1, 0.15) is 24.5 Å². The van der Waals surface area contributed by atoms with E-state index in [0.717, 1.165) is 19.4 Å². The Hall–Kier alpha value is -1.61. The fourth-order valence-corrected chi connectivity index (χ4v) is 1.90. The van der Waals surface area contributed by atoms with Gasteiger partial charge in [-0.25, -0.2) is 0 Å².